The highest BCUT2D eigenvalue weighted by Gasteiger charge is 2.26. The molecule has 4 nitrogen and oxygen atoms in total. The Morgan fingerprint density at radius 1 is 1.44 bits per heavy atom. The van der Waals surface area contributed by atoms with Crippen LogP contribution < -0.4 is 0 Å². The molecule has 1 unspecified atom stereocenters. The van der Waals surface area contributed by atoms with Crippen LogP contribution in [0.4, 0.5) is 0 Å². The smallest absolute Gasteiger partial charge is 0.372 e. The Hall–Kier alpha value is -1.84. The van der Waals surface area contributed by atoms with Crippen LogP contribution in [0.5, 0.6) is 0 Å². The number of carboxylic acids is 1. The van der Waals surface area contributed by atoms with E-state index in [1.807, 2.05) is 4.57 Å². The maximum absolute atomic E-state index is 11.1. The van der Waals surface area contributed by atoms with Crippen molar-refractivity contribution in [2.45, 2.75) is 32.2 Å². The van der Waals surface area contributed by atoms with Crippen LogP contribution in [0.3, 0.4) is 0 Å². The van der Waals surface area contributed by atoms with Gasteiger partial charge in [0, 0.05) is 18.4 Å². The standard InChI is InChI=1S/C14H16N2O2/c17-14(18)13-15-8-12-7-6-11(9-16(12)13)10-4-2-1-3-5-10/h1-2,4,8,11H,3,5-7,9H2,(H,17,18). The summed E-state index contributed by atoms with van der Waals surface area (Å²) in [5, 5.41) is 9.12. The second kappa shape index (κ2) is 4.44. The van der Waals surface area contributed by atoms with E-state index < -0.39 is 5.97 Å². The number of carbonyl (C=O) groups is 1. The first-order chi connectivity index (χ1) is 8.75. The van der Waals surface area contributed by atoms with E-state index in [0.29, 0.717) is 5.92 Å². The second-order valence-corrected chi connectivity index (χ2v) is 4.93. The van der Waals surface area contributed by atoms with E-state index in [1.54, 1.807) is 6.20 Å². The summed E-state index contributed by atoms with van der Waals surface area (Å²) in [6, 6.07) is 0. The van der Waals surface area contributed by atoms with Crippen molar-refractivity contribution < 1.29 is 9.90 Å². The molecule has 2 heterocycles. The van der Waals surface area contributed by atoms with Gasteiger partial charge in [-0.1, -0.05) is 23.8 Å². The van der Waals surface area contributed by atoms with E-state index in [-0.39, 0.29) is 5.82 Å². The molecule has 1 N–H and O–H groups in total. The van der Waals surface area contributed by atoms with Gasteiger partial charge in [-0.25, -0.2) is 9.78 Å². The molecule has 94 valence electrons. The molecule has 1 atom stereocenters. The average Bonchev–Trinajstić information content (AvgIpc) is 2.82. The largest absolute Gasteiger partial charge is 0.475 e. The predicted octanol–water partition coefficient (Wildman–Crippen LogP) is 2.42. The van der Waals surface area contributed by atoms with Crippen molar-refractivity contribution in [3.8, 4) is 0 Å². The lowest BCUT2D eigenvalue weighted by Gasteiger charge is -2.27. The number of aryl methyl sites for hydroxylation is 1. The summed E-state index contributed by atoms with van der Waals surface area (Å²) in [5.74, 6) is -0.282. The Labute approximate surface area is 106 Å². The summed E-state index contributed by atoms with van der Waals surface area (Å²) in [6.07, 6.45) is 12.4. The third-order valence-corrected chi connectivity index (χ3v) is 3.85. The zero-order chi connectivity index (χ0) is 12.5. The van der Waals surface area contributed by atoms with Gasteiger partial charge in [-0.05, 0) is 31.6 Å². The Bertz CT molecular complexity index is 540. The predicted molar refractivity (Wildman–Crippen MR) is 67.5 cm³/mol. The summed E-state index contributed by atoms with van der Waals surface area (Å²) >= 11 is 0. The molecule has 1 aromatic heterocycles. The van der Waals surface area contributed by atoms with E-state index in [4.69, 9.17) is 5.11 Å². The van der Waals surface area contributed by atoms with Gasteiger partial charge in [0.05, 0.1) is 0 Å². The fraction of sp³-hybridized carbons (Fsp3) is 0.429. The molecule has 4 heteroatoms. The average molecular weight is 244 g/mol. The van der Waals surface area contributed by atoms with Crippen molar-refractivity contribution in [1.29, 1.82) is 0 Å². The van der Waals surface area contributed by atoms with E-state index in [2.05, 4.69) is 23.2 Å². The van der Waals surface area contributed by atoms with Crippen molar-refractivity contribution in [3.05, 3.63) is 41.5 Å². The molecule has 0 saturated heterocycles. The van der Waals surface area contributed by atoms with Gasteiger partial charge in [0.15, 0.2) is 0 Å². The highest BCUT2D eigenvalue weighted by atomic mass is 16.4. The van der Waals surface area contributed by atoms with Crippen LogP contribution in [0.1, 0.15) is 35.6 Å². The van der Waals surface area contributed by atoms with Crippen LogP contribution in [0, 0.1) is 5.92 Å². The van der Waals surface area contributed by atoms with Gasteiger partial charge in [-0.3, -0.25) is 0 Å². The zero-order valence-electron chi connectivity index (χ0n) is 10.2. The molecule has 0 spiro atoms. The minimum Gasteiger partial charge on any atom is -0.475 e. The lowest BCUT2D eigenvalue weighted by Crippen LogP contribution is -2.24. The van der Waals surface area contributed by atoms with Crippen LogP contribution in [0.2, 0.25) is 0 Å². The number of hydrogen-bond acceptors (Lipinski definition) is 2. The number of aromatic carboxylic acids is 1. The monoisotopic (exact) mass is 244 g/mol. The maximum Gasteiger partial charge on any atom is 0.372 e. The molecule has 3 rings (SSSR count). The molecule has 0 amide bonds. The number of imidazole rings is 1. The van der Waals surface area contributed by atoms with Crippen LogP contribution in [0.15, 0.2) is 30.0 Å². The highest BCUT2D eigenvalue weighted by molar-refractivity contribution is 5.83. The van der Waals surface area contributed by atoms with Crippen molar-refractivity contribution in [1.82, 2.24) is 9.55 Å². The van der Waals surface area contributed by atoms with Gasteiger partial charge in [0.25, 0.3) is 0 Å². The summed E-state index contributed by atoms with van der Waals surface area (Å²) in [7, 11) is 0. The first-order valence-corrected chi connectivity index (χ1v) is 6.39. The molecule has 1 aliphatic heterocycles. The minimum absolute atomic E-state index is 0.182. The van der Waals surface area contributed by atoms with Crippen LogP contribution in [0.25, 0.3) is 0 Å². The van der Waals surface area contributed by atoms with E-state index in [9.17, 15) is 4.79 Å². The molecule has 2 aliphatic rings. The lowest BCUT2D eigenvalue weighted by atomic mass is 9.86. The molecule has 0 saturated carbocycles. The summed E-state index contributed by atoms with van der Waals surface area (Å²) < 4.78 is 1.87. The fourth-order valence-electron chi connectivity index (χ4n) is 2.88. The topological polar surface area (TPSA) is 55.1 Å². The van der Waals surface area contributed by atoms with Crippen molar-refractivity contribution in [2.24, 2.45) is 5.92 Å². The number of fused-ring (bicyclic) bond motifs is 1. The quantitative estimate of drug-likeness (QED) is 0.869. The first kappa shape index (κ1) is 11.3. The molecule has 0 bridgehead atoms. The maximum atomic E-state index is 11.1. The minimum atomic E-state index is -0.931. The SMILES string of the molecule is O=C(O)c1ncc2n1CC(C1=CC=CCC1)CC2. The van der Waals surface area contributed by atoms with Gasteiger partial charge in [0.2, 0.25) is 5.82 Å². The van der Waals surface area contributed by atoms with Crippen molar-refractivity contribution in [2.75, 3.05) is 0 Å². The normalized spacial score (nSPS) is 22.4. The number of hydrogen-bond donors (Lipinski definition) is 1. The Kier molecular flexibility index (Phi) is 2.78. The Morgan fingerprint density at radius 3 is 3.06 bits per heavy atom. The summed E-state index contributed by atoms with van der Waals surface area (Å²) in [4.78, 5) is 15.1. The van der Waals surface area contributed by atoms with E-state index in [1.165, 1.54) is 5.57 Å². The fourth-order valence-corrected chi connectivity index (χ4v) is 2.88. The Balaban J connectivity index is 1.87. The summed E-state index contributed by atoms with van der Waals surface area (Å²) in [6.45, 7) is 0.761. The highest BCUT2D eigenvalue weighted by Crippen LogP contribution is 2.30. The van der Waals surface area contributed by atoms with E-state index >= 15 is 0 Å². The molecule has 0 aromatic carbocycles. The van der Waals surface area contributed by atoms with Crippen LogP contribution >= 0.6 is 0 Å². The third-order valence-electron chi connectivity index (χ3n) is 3.85. The molecule has 1 aliphatic carbocycles. The summed E-state index contributed by atoms with van der Waals surface area (Å²) in [5.41, 5.74) is 2.50. The molecule has 18 heavy (non-hydrogen) atoms. The van der Waals surface area contributed by atoms with Gasteiger partial charge < -0.3 is 9.67 Å². The van der Waals surface area contributed by atoms with Gasteiger partial charge >= 0.3 is 5.97 Å². The number of rotatable bonds is 2. The lowest BCUT2D eigenvalue weighted by molar-refractivity contribution is 0.0675. The first-order valence-electron chi connectivity index (χ1n) is 6.39. The number of nitrogens with zero attached hydrogens (tertiary/aromatic N) is 2. The molecule has 0 fully saturated rings. The van der Waals surface area contributed by atoms with Crippen molar-refractivity contribution in [3.63, 3.8) is 0 Å². The zero-order valence-corrected chi connectivity index (χ0v) is 10.2. The molecular weight excluding hydrogens is 228 g/mol. The van der Waals surface area contributed by atoms with Gasteiger partial charge in [-0.2, -0.15) is 0 Å². The molecule has 0 radical (unpaired) electrons. The van der Waals surface area contributed by atoms with E-state index in [0.717, 1.165) is 37.9 Å². The molecule has 1 aromatic rings. The number of aromatic nitrogens is 2. The van der Waals surface area contributed by atoms with Crippen LogP contribution in [-0.2, 0) is 13.0 Å². The van der Waals surface area contributed by atoms with Gasteiger partial charge in [-0.15, -0.1) is 0 Å². The molecular formula is C14H16N2O2. The third kappa shape index (κ3) is 1.88. The number of allylic oxidation sites excluding steroid dienone is 4. The van der Waals surface area contributed by atoms with Gasteiger partial charge in [0.1, 0.15) is 0 Å². The number of carboxylic acid groups (broad SMARTS) is 1. The van der Waals surface area contributed by atoms with Crippen molar-refractivity contribution >= 4 is 5.97 Å². The van der Waals surface area contributed by atoms with Crippen LogP contribution in [-0.4, -0.2) is 20.6 Å². The second-order valence-electron chi connectivity index (χ2n) is 4.93. The Morgan fingerprint density at radius 2 is 2.33 bits per heavy atom.